The fourth-order valence-corrected chi connectivity index (χ4v) is 1.95. The molecule has 2 aromatic carbocycles. The van der Waals surface area contributed by atoms with Crippen molar-refractivity contribution in [2.75, 3.05) is 18.4 Å². The maximum Gasteiger partial charge on any atom is 0.251 e. The van der Waals surface area contributed by atoms with Gasteiger partial charge in [0.1, 0.15) is 5.82 Å². The van der Waals surface area contributed by atoms with E-state index in [9.17, 15) is 31.9 Å². The molecule has 0 aliphatic heterocycles. The average Bonchev–Trinajstić information content (AvgIpc) is 2.65. The van der Waals surface area contributed by atoms with Crippen molar-refractivity contribution in [2.45, 2.75) is 0 Å². The van der Waals surface area contributed by atoms with E-state index < -0.39 is 59.8 Å². The smallest absolute Gasteiger partial charge is 0.251 e. The Labute approximate surface area is 150 Å². The predicted molar refractivity (Wildman–Crippen MR) is 86.7 cm³/mol. The van der Waals surface area contributed by atoms with Crippen molar-refractivity contribution in [1.29, 1.82) is 0 Å². The first-order chi connectivity index (χ1) is 12.8. The van der Waals surface area contributed by atoms with Crippen LogP contribution in [0.5, 0.6) is 0 Å². The lowest BCUT2D eigenvalue weighted by Gasteiger charge is -2.09. The fourth-order valence-electron chi connectivity index (χ4n) is 1.95. The Bertz CT molecular complexity index is 890. The lowest BCUT2D eigenvalue weighted by Crippen LogP contribution is -2.40. The molecule has 0 aromatic heterocycles. The Balaban J connectivity index is 1.79. The van der Waals surface area contributed by atoms with Gasteiger partial charge in [-0.25, -0.2) is 17.6 Å². The van der Waals surface area contributed by atoms with Crippen molar-refractivity contribution in [2.24, 2.45) is 0 Å². The molecule has 0 aliphatic rings. The summed E-state index contributed by atoms with van der Waals surface area (Å²) in [6, 6.07) is 6.27. The molecular formula is C17H13F4N3O3. The molecule has 0 fully saturated rings. The van der Waals surface area contributed by atoms with Gasteiger partial charge in [-0.3, -0.25) is 14.4 Å². The molecule has 2 rings (SSSR count). The second-order valence-corrected chi connectivity index (χ2v) is 5.24. The molecule has 3 N–H and O–H groups in total. The quantitative estimate of drug-likeness (QED) is 0.525. The van der Waals surface area contributed by atoms with Crippen molar-refractivity contribution in [3.05, 3.63) is 65.2 Å². The van der Waals surface area contributed by atoms with Crippen LogP contribution >= 0.6 is 0 Å². The maximum absolute atomic E-state index is 13.4. The summed E-state index contributed by atoms with van der Waals surface area (Å²) in [5, 5.41) is 6.32. The summed E-state index contributed by atoms with van der Waals surface area (Å²) in [6.45, 7) is -1.10. The van der Waals surface area contributed by atoms with Crippen LogP contribution in [0.15, 0.2) is 36.4 Å². The van der Waals surface area contributed by atoms with E-state index in [1.165, 1.54) is 12.1 Å². The molecule has 6 nitrogen and oxygen atoms in total. The third-order valence-corrected chi connectivity index (χ3v) is 3.25. The van der Waals surface area contributed by atoms with Crippen LogP contribution in [0.4, 0.5) is 23.2 Å². The zero-order valence-corrected chi connectivity index (χ0v) is 13.6. The molecule has 0 heterocycles. The summed E-state index contributed by atoms with van der Waals surface area (Å²) in [7, 11) is 0. The van der Waals surface area contributed by atoms with Gasteiger partial charge in [0, 0.05) is 5.56 Å². The monoisotopic (exact) mass is 383 g/mol. The van der Waals surface area contributed by atoms with E-state index in [0.29, 0.717) is 6.07 Å². The van der Waals surface area contributed by atoms with Gasteiger partial charge in [-0.2, -0.15) is 0 Å². The molecule has 10 heteroatoms. The topological polar surface area (TPSA) is 87.3 Å². The van der Waals surface area contributed by atoms with Crippen LogP contribution in [0.2, 0.25) is 0 Å². The molecule has 0 saturated carbocycles. The number of hydrogen-bond acceptors (Lipinski definition) is 3. The van der Waals surface area contributed by atoms with E-state index in [1.807, 2.05) is 5.32 Å². The summed E-state index contributed by atoms with van der Waals surface area (Å²) in [6.07, 6.45) is 0. The van der Waals surface area contributed by atoms with Crippen LogP contribution in [-0.4, -0.2) is 30.8 Å². The molecule has 0 saturated heterocycles. The standard InChI is InChI=1S/C17H13F4N3O3/c18-10-3-1-2-9(6-10)17(27)23-7-13(25)22-8-14(26)24-12-5-4-11(19)15(20)16(12)21/h1-6H,7-8H2,(H,22,25)(H,23,27)(H,24,26). The molecule has 0 radical (unpaired) electrons. The number of benzene rings is 2. The Kier molecular flexibility index (Phi) is 6.47. The minimum atomic E-state index is -1.74. The van der Waals surface area contributed by atoms with Crippen molar-refractivity contribution < 1.29 is 31.9 Å². The number of amides is 3. The second-order valence-electron chi connectivity index (χ2n) is 5.24. The highest BCUT2D eigenvalue weighted by molar-refractivity contribution is 5.98. The zero-order valence-electron chi connectivity index (χ0n) is 13.6. The number of anilines is 1. The van der Waals surface area contributed by atoms with Gasteiger partial charge in [-0.05, 0) is 30.3 Å². The summed E-state index contributed by atoms with van der Waals surface area (Å²) in [4.78, 5) is 35.0. The largest absolute Gasteiger partial charge is 0.345 e. The predicted octanol–water partition coefficient (Wildman–Crippen LogP) is 1.73. The number of rotatable bonds is 6. The first-order valence-electron chi connectivity index (χ1n) is 7.51. The van der Waals surface area contributed by atoms with Crippen molar-refractivity contribution in [3.63, 3.8) is 0 Å². The first kappa shape index (κ1) is 19.9. The minimum absolute atomic E-state index is 0.00866. The van der Waals surface area contributed by atoms with Crippen LogP contribution < -0.4 is 16.0 Å². The van der Waals surface area contributed by atoms with Crippen molar-refractivity contribution >= 4 is 23.4 Å². The third-order valence-electron chi connectivity index (χ3n) is 3.25. The molecule has 142 valence electrons. The summed E-state index contributed by atoms with van der Waals surface area (Å²) in [5.74, 6) is -7.68. The maximum atomic E-state index is 13.4. The Morgan fingerprint density at radius 2 is 1.52 bits per heavy atom. The van der Waals surface area contributed by atoms with Gasteiger partial charge in [0.25, 0.3) is 5.91 Å². The SMILES string of the molecule is O=C(CNC(=O)c1cccc(F)c1)NCC(=O)Nc1ccc(F)c(F)c1F. The highest BCUT2D eigenvalue weighted by Gasteiger charge is 2.16. The van der Waals surface area contributed by atoms with Gasteiger partial charge in [0.15, 0.2) is 17.5 Å². The second kappa shape index (κ2) is 8.79. The van der Waals surface area contributed by atoms with Gasteiger partial charge in [0.2, 0.25) is 11.8 Å². The summed E-state index contributed by atoms with van der Waals surface area (Å²) in [5.41, 5.74) is -0.582. The molecule has 2 aromatic rings. The van der Waals surface area contributed by atoms with Gasteiger partial charge in [0.05, 0.1) is 18.8 Å². The van der Waals surface area contributed by atoms with Crippen LogP contribution in [0.25, 0.3) is 0 Å². The van der Waals surface area contributed by atoms with Gasteiger partial charge < -0.3 is 16.0 Å². The molecule has 3 amide bonds. The number of carbonyl (C=O) groups excluding carboxylic acids is 3. The van der Waals surface area contributed by atoms with Gasteiger partial charge in [-0.15, -0.1) is 0 Å². The minimum Gasteiger partial charge on any atom is -0.345 e. The number of carbonyl (C=O) groups is 3. The Hall–Kier alpha value is -3.43. The first-order valence-corrected chi connectivity index (χ1v) is 7.51. The van der Waals surface area contributed by atoms with E-state index >= 15 is 0 Å². The van der Waals surface area contributed by atoms with E-state index in [1.54, 1.807) is 0 Å². The summed E-state index contributed by atoms with van der Waals surface area (Å²) >= 11 is 0. The van der Waals surface area contributed by atoms with E-state index in [-0.39, 0.29) is 5.56 Å². The van der Waals surface area contributed by atoms with Crippen LogP contribution in [0.3, 0.4) is 0 Å². The third kappa shape index (κ3) is 5.53. The number of hydrogen-bond donors (Lipinski definition) is 3. The lowest BCUT2D eigenvalue weighted by atomic mass is 10.2. The molecule has 0 aliphatic carbocycles. The molecular weight excluding hydrogens is 370 g/mol. The normalized spacial score (nSPS) is 10.2. The molecule has 0 spiro atoms. The number of halogens is 4. The Morgan fingerprint density at radius 1 is 0.815 bits per heavy atom. The van der Waals surface area contributed by atoms with E-state index in [0.717, 1.165) is 18.2 Å². The fraction of sp³-hybridized carbons (Fsp3) is 0.118. The van der Waals surface area contributed by atoms with Crippen molar-refractivity contribution in [1.82, 2.24) is 10.6 Å². The highest BCUT2D eigenvalue weighted by Crippen LogP contribution is 2.19. The van der Waals surface area contributed by atoms with Crippen LogP contribution in [0, 0.1) is 23.3 Å². The van der Waals surface area contributed by atoms with Crippen molar-refractivity contribution in [3.8, 4) is 0 Å². The van der Waals surface area contributed by atoms with Gasteiger partial charge in [-0.1, -0.05) is 6.07 Å². The number of nitrogens with one attached hydrogen (secondary N) is 3. The highest BCUT2D eigenvalue weighted by atomic mass is 19.2. The zero-order chi connectivity index (χ0) is 20.0. The lowest BCUT2D eigenvalue weighted by molar-refractivity contribution is -0.123. The average molecular weight is 383 g/mol. The van der Waals surface area contributed by atoms with Crippen LogP contribution in [0.1, 0.15) is 10.4 Å². The van der Waals surface area contributed by atoms with E-state index in [2.05, 4.69) is 10.6 Å². The van der Waals surface area contributed by atoms with E-state index in [4.69, 9.17) is 0 Å². The molecule has 0 unspecified atom stereocenters. The molecule has 0 atom stereocenters. The van der Waals surface area contributed by atoms with Gasteiger partial charge >= 0.3 is 0 Å². The molecule has 27 heavy (non-hydrogen) atoms. The van der Waals surface area contributed by atoms with Crippen LogP contribution in [-0.2, 0) is 9.59 Å². The Morgan fingerprint density at radius 3 is 2.22 bits per heavy atom. The molecule has 0 bridgehead atoms. The summed E-state index contributed by atoms with van der Waals surface area (Å²) < 4.78 is 52.3.